The lowest BCUT2D eigenvalue weighted by atomic mass is 10.0. The molecule has 0 aliphatic carbocycles. The molecule has 5 heteroatoms. The first-order chi connectivity index (χ1) is 8.81. The van der Waals surface area contributed by atoms with Gasteiger partial charge in [-0.3, -0.25) is 4.90 Å². The van der Waals surface area contributed by atoms with Crippen LogP contribution in [0.5, 0.6) is 0 Å². The van der Waals surface area contributed by atoms with Crippen molar-refractivity contribution < 1.29 is 4.52 Å². The van der Waals surface area contributed by atoms with E-state index in [1.165, 1.54) is 38.8 Å². The lowest BCUT2D eigenvalue weighted by molar-refractivity contribution is 0.115. The molecule has 0 atom stereocenters. The largest absolute Gasteiger partial charge is 0.381 e. The zero-order valence-electron chi connectivity index (χ0n) is 10.8. The predicted octanol–water partition coefficient (Wildman–Crippen LogP) is 1.32. The van der Waals surface area contributed by atoms with Gasteiger partial charge in [0.2, 0.25) is 0 Å². The van der Waals surface area contributed by atoms with Crippen molar-refractivity contribution in [2.45, 2.75) is 38.3 Å². The van der Waals surface area contributed by atoms with Crippen molar-refractivity contribution in [1.29, 1.82) is 0 Å². The summed E-state index contributed by atoms with van der Waals surface area (Å²) in [5.41, 5.74) is 5.56. The van der Waals surface area contributed by atoms with Gasteiger partial charge in [-0.15, -0.1) is 0 Å². The van der Waals surface area contributed by atoms with Crippen molar-refractivity contribution in [1.82, 2.24) is 15.0 Å². The second kappa shape index (κ2) is 5.28. The molecule has 2 aliphatic rings. The number of piperidine rings is 1. The van der Waals surface area contributed by atoms with Gasteiger partial charge in [0.1, 0.15) is 0 Å². The maximum atomic E-state index is 5.56. The van der Waals surface area contributed by atoms with Gasteiger partial charge in [-0.1, -0.05) is 5.16 Å². The molecule has 0 spiro atoms. The van der Waals surface area contributed by atoms with E-state index in [1.54, 1.807) is 0 Å². The van der Waals surface area contributed by atoms with Crippen LogP contribution in [0.2, 0.25) is 0 Å². The summed E-state index contributed by atoms with van der Waals surface area (Å²) in [6.45, 7) is 5.77. The Labute approximate surface area is 108 Å². The Morgan fingerprint density at radius 2 is 1.94 bits per heavy atom. The van der Waals surface area contributed by atoms with Gasteiger partial charge in [0.15, 0.2) is 11.6 Å². The van der Waals surface area contributed by atoms with Gasteiger partial charge < -0.3 is 15.2 Å². The van der Waals surface area contributed by atoms with Crippen LogP contribution in [0, 0.1) is 0 Å². The molecule has 0 aromatic carbocycles. The van der Waals surface area contributed by atoms with Crippen LogP contribution in [-0.4, -0.2) is 47.2 Å². The summed E-state index contributed by atoms with van der Waals surface area (Å²) in [5.74, 6) is 1.36. The molecule has 2 aliphatic heterocycles. The third-order valence-corrected chi connectivity index (χ3v) is 4.17. The lowest BCUT2D eigenvalue weighted by Gasteiger charge is -2.36. The van der Waals surface area contributed by atoms with E-state index >= 15 is 0 Å². The highest BCUT2D eigenvalue weighted by molar-refractivity contribution is 5.26. The van der Waals surface area contributed by atoms with Gasteiger partial charge in [0.25, 0.3) is 0 Å². The van der Waals surface area contributed by atoms with Crippen molar-refractivity contribution in [2.75, 3.05) is 31.9 Å². The Balaban J connectivity index is 1.47. The fourth-order valence-corrected chi connectivity index (χ4v) is 3.17. The van der Waals surface area contributed by atoms with E-state index in [0.717, 1.165) is 31.4 Å². The van der Waals surface area contributed by atoms with Crippen LogP contribution in [-0.2, 0) is 6.54 Å². The Kier molecular flexibility index (Phi) is 3.52. The van der Waals surface area contributed by atoms with Crippen LogP contribution >= 0.6 is 0 Å². The summed E-state index contributed by atoms with van der Waals surface area (Å²) in [7, 11) is 0. The molecule has 0 unspecified atom stereocenters. The Hall–Kier alpha value is -1.07. The fourth-order valence-electron chi connectivity index (χ4n) is 3.17. The first-order valence-electron chi connectivity index (χ1n) is 6.99. The summed E-state index contributed by atoms with van der Waals surface area (Å²) in [6, 6.07) is 2.63. The van der Waals surface area contributed by atoms with E-state index in [0.29, 0.717) is 5.82 Å². The molecule has 2 N–H and O–H groups in total. The van der Waals surface area contributed by atoms with E-state index < -0.39 is 0 Å². The number of anilines is 1. The molecular weight excluding hydrogens is 228 g/mol. The third kappa shape index (κ3) is 2.67. The topological polar surface area (TPSA) is 58.5 Å². The first kappa shape index (κ1) is 12.0. The number of hydrogen-bond acceptors (Lipinski definition) is 5. The Bertz CT molecular complexity index is 378. The van der Waals surface area contributed by atoms with Gasteiger partial charge in [0.05, 0.1) is 6.54 Å². The van der Waals surface area contributed by atoms with Crippen LogP contribution in [0.3, 0.4) is 0 Å². The zero-order chi connectivity index (χ0) is 12.4. The Morgan fingerprint density at radius 3 is 2.56 bits per heavy atom. The first-order valence-corrected chi connectivity index (χ1v) is 6.99. The van der Waals surface area contributed by atoms with Gasteiger partial charge in [-0.2, -0.15) is 0 Å². The quantitative estimate of drug-likeness (QED) is 0.876. The number of aromatic nitrogens is 1. The van der Waals surface area contributed by atoms with Crippen LogP contribution in [0.15, 0.2) is 10.6 Å². The number of likely N-dealkylation sites (tertiary alicyclic amines) is 2. The molecule has 0 bridgehead atoms. The minimum Gasteiger partial charge on any atom is -0.381 e. The molecule has 100 valence electrons. The van der Waals surface area contributed by atoms with Crippen molar-refractivity contribution in [3.63, 3.8) is 0 Å². The molecule has 3 heterocycles. The lowest BCUT2D eigenvalue weighted by Crippen LogP contribution is -2.43. The normalized spacial score (nSPS) is 23.8. The summed E-state index contributed by atoms with van der Waals surface area (Å²) in [4.78, 5) is 5.11. The number of nitrogens with zero attached hydrogens (tertiary/aromatic N) is 3. The molecule has 3 rings (SSSR count). The highest BCUT2D eigenvalue weighted by Crippen LogP contribution is 2.22. The van der Waals surface area contributed by atoms with Crippen molar-refractivity contribution in [3.05, 3.63) is 11.8 Å². The highest BCUT2D eigenvalue weighted by atomic mass is 16.5. The molecule has 1 aromatic rings. The van der Waals surface area contributed by atoms with E-state index in [2.05, 4.69) is 15.0 Å². The molecule has 5 nitrogen and oxygen atoms in total. The summed E-state index contributed by atoms with van der Waals surface area (Å²) in [6.07, 6.45) is 5.34. The Morgan fingerprint density at radius 1 is 1.22 bits per heavy atom. The van der Waals surface area contributed by atoms with E-state index in [-0.39, 0.29) is 0 Å². The highest BCUT2D eigenvalue weighted by Gasteiger charge is 2.26. The monoisotopic (exact) mass is 250 g/mol. The van der Waals surface area contributed by atoms with E-state index in [9.17, 15) is 0 Å². The van der Waals surface area contributed by atoms with Crippen LogP contribution in [0.25, 0.3) is 0 Å². The van der Waals surface area contributed by atoms with Crippen molar-refractivity contribution in [2.24, 2.45) is 0 Å². The minimum atomic E-state index is 0.483. The maximum Gasteiger partial charge on any atom is 0.167 e. The number of rotatable bonds is 3. The summed E-state index contributed by atoms with van der Waals surface area (Å²) >= 11 is 0. The van der Waals surface area contributed by atoms with Crippen LogP contribution in [0.4, 0.5) is 5.82 Å². The van der Waals surface area contributed by atoms with Gasteiger partial charge >= 0.3 is 0 Å². The van der Waals surface area contributed by atoms with E-state index in [1.807, 2.05) is 6.07 Å². The van der Waals surface area contributed by atoms with Crippen molar-refractivity contribution >= 4 is 5.82 Å². The third-order valence-electron chi connectivity index (χ3n) is 4.17. The average Bonchev–Trinajstić information content (AvgIpc) is 3.02. The number of nitrogen functional groups attached to an aromatic ring is 1. The molecule has 0 radical (unpaired) electrons. The van der Waals surface area contributed by atoms with Gasteiger partial charge in [-0.05, 0) is 38.8 Å². The summed E-state index contributed by atoms with van der Waals surface area (Å²) in [5, 5.41) is 3.73. The molecule has 18 heavy (non-hydrogen) atoms. The molecule has 2 fully saturated rings. The SMILES string of the molecule is Nc1cc(CN2CCC(N3CCCC3)CC2)on1. The van der Waals surface area contributed by atoms with Gasteiger partial charge in [-0.25, -0.2) is 0 Å². The van der Waals surface area contributed by atoms with Crippen LogP contribution in [0.1, 0.15) is 31.4 Å². The maximum absolute atomic E-state index is 5.56. The average molecular weight is 250 g/mol. The molecule has 0 saturated carbocycles. The zero-order valence-corrected chi connectivity index (χ0v) is 10.8. The standard InChI is InChI=1S/C13H22N4O/c14-13-9-12(18-15-13)10-16-7-3-11(4-8-16)17-5-1-2-6-17/h9,11H,1-8,10H2,(H2,14,15). The van der Waals surface area contributed by atoms with Crippen LogP contribution < -0.4 is 5.73 Å². The fraction of sp³-hybridized carbons (Fsp3) is 0.769. The second-order valence-corrected chi connectivity index (χ2v) is 5.47. The number of nitrogens with two attached hydrogens (primary N) is 1. The summed E-state index contributed by atoms with van der Waals surface area (Å²) < 4.78 is 5.17. The van der Waals surface area contributed by atoms with Crippen molar-refractivity contribution in [3.8, 4) is 0 Å². The predicted molar refractivity (Wildman–Crippen MR) is 70.0 cm³/mol. The number of hydrogen-bond donors (Lipinski definition) is 1. The molecular formula is C13H22N4O. The van der Waals surface area contributed by atoms with E-state index in [4.69, 9.17) is 10.3 Å². The second-order valence-electron chi connectivity index (χ2n) is 5.47. The van der Waals surface area contributed by atoms with Gasteiger partial charge in [0, 0.05) is 25.2 Å². The smallest absolute Gasteiger partial charge is 0.167 e. The molecule has 0 amide bonds. The minimum absolute atomic E-state index is 0.483. The molecule has 2 saturated heterocycles. The molecule has 1 aromatic heterocycles.